The van der Waals surface area contributed by atoms with E-state index in [0.717, 1.165) is 12.1 Å². The highest BCUT2D eigenvalue weighted by molar-refractivity contribution is 6.32. The molecule has 0 spiro atoms. The van der Waals surface area contributed by atoms with Crippen molar-refractivity contribution in [2.75, 3.05) is 43.1 Å². The Labute approximate surface area is 165 Å². The number of morpholine rings is 1. The number of hydrogen-bond acceptors (Lipinski definition) is 4. The fraction of sp³-hybridized carbons (Fsp3) is 0.316. The maximum Gasteiger partial charge on any atom is 0.416 e. The monoisotopic (exact) mass is 414 g/mol. The molecule has 0 unspecified atom stereocenters. The van der Waals surface area contributed by atoms with Crippen LogP contribution < -0.4 is 15.0 Å². The number of hydrogen-bond donors (Lipinski definition) is 1. The minimum Gasteiger partial charge on any atom is -0.482 e. The Bertz CT molecular complexity index is 839. The number of nitrogens with one attached hydrogen (secondary N) is 1. The van der Waals surface area contributed by atoms with Crippen LogP contribution in [0.15, 0.2) is 42.5 Å². The molecule has 1 aliphatic rings. The maximum atomic E-state index is 13.1. The fourth-order valence-electron chi connectivity index (χ4n) is 2.78. The van der Waals surface area contributed by atoms with Crippen LogP contribution in [0.1, 0.15) is 5.56 Å². The van der Waals surface area contributed by atoms with Crippen LogP contribution in [0.25, 0.3) is 0 Å². The zero-order valence-electron chi connectivity index (χ0n) is 14.8. The number of nitrogens with zero attached hydrogens (tertiary/aromatic N) is 1. The first-order valence-corrected chi connectivity index (χ1v) is 8.93. The molecular formula is C19H18ClF3N2O3. The van der Waals surface area contributed by atoms with Crippen molar-refractivity contribution in [1.29, 1.82) is 0 Å². The van der Waals surface area contributed by atoms with Crippen molar-refractivity contribution in [2.45, 2.75) is 6.18 Å². The maximum absolute atomic E-state index is 13.1. The second-order valence-electron chi connectivity index (χ2n) is 6.10. The van der Waals surface area contributed by atoms with Gasteiger partial charge in [-0.15, -0.1) is 0 Å². The molecule has 0 saturated carbocycles. The number of carbonyl (C=O) groups is 1. The summed E-state index contributed by atoms with van der Waals surface area (Å²) in [5.41, 5.74) is -0.265. The Morgan fingerprint density at radius 2 is 1.89 bits per heavy atom. The van der Waals surface area contributed by atoms with Crippen molar-refractivity contribution in [3.8, 4) is 5.75 Å². The molecule has 9 heteroatoms. The summed E-state index contributed by atoms with van der Waals surface area (Å²) in [6.45, 7) is 1.57. The molecule has 1 heterocycles. The van der Waals surface area contributed by atoms with Crippen LogP contribution in [-0.2, 0) is 15.7 Å². The van der Waals surface area contributed by atoms with Crippen molar-refractivity contribution in [2.24, 2.45) is 0 Å². The third-order valence-corrected chi connectivity index (χ3v) is 4.46. The minimum absolute atomic E-state index is 0.0736. The molecule has 28 heavy (non-hydrogen) atoms. The number of rotatable bonds is 5. The van der Waals surface area contributed by atoms with E-state index in [-0.39, 0.29) is 12.3 Å². The van der Waals surface area contributed by atoms with Gasteiger partial charge in [0.2, 0.25) is 0 Å². The van der Waals surface area contributed by atoms with Crippen molar-refractivity contribution >= 4 is 28.9 Å². The molecule has 1 saturated heterocycles. The normalized spacial score (nSPS) is 14.6. The number of ether oxygens (including phenoxy) is 2. The van der Waals surface area contributed by atoms with Crippen LogP contribution in [0.3, 0.4) is 0 Å². The SMILES string of the molecule is O=C(COc1ccccc1Cl)Nc1cc(C(F)(F)F)ccc1N1CCOCC1. The van der Waals surface area contributed by atoms with E-state index in [0.29, 0.717) is 42.8 Å². The molecule has 2 aromatic rings. The van der Waals surface area contributed by atoms with Gasteiger partial charge in [0.05, 0.1) is 35.2 Å². The Morgan fingerprint density at radius 1 is 1.18 bits per heavy atom. The van der Waals surface area contributed by atoms with E-state index in [9.17, 15) is 18.0 Å². The molecule has 150 valence electrons. The Balaban J connectivity index is 1.77. The second-order valence-corrected chi connectivity index (χ2v) is 6.50. The highest BCUT2D eigenvalue weighted by Crippen LogP contribution is 2.35. The molecule has 0 aromatic heterocycles. The summed E-state index contributed by atoms with van der Waals surface area (Å²) in [5.74, 6) is -0.273. The molecule has 3 rings (SSSR count). The number of amides is 1. The average Bonchev–Trinajstić information content (AvgIpc) is 2.67. The van der Waals surface area contributed by atoms with Gasteiger partial charge in [-0.1, -0.05) is 23.7 Å². The zero-order valence-corrected chi connectivity index (χ0v) is 15.5. The zero-order chi connectivity index (χ0) is 20.1. The second kappa shape index (κ2) is 8.70. The van der Waals surface area contributed by atoms with E-state index in [4.69, 9.17) is 21.1 Å². The third-order valence-electron chi connectivity index (χ3n) is 4.15. The Hall–Kier alpha value is -2.45. The highest BCUT2D eigenvalue weighted by Gasteiger charge is 2.32. The van der Waals surface area contributed by atoms with Crippen LogP contribution in [0.2, 0.25) is 5.02 Å². The average molecular weight is 415 g/mol. The quantitative estimate of drug-likeness (QED) is 0.796. The van der Waals surface area contributed by atoms with E-state index < -0.39 is 17.6 Å². The van der Waals surface area contributed by atoms with Gasteiger partial charge in [-0.2, -0.15) is 13.2 Å². The van der Waals surface area contributed by atoms with Crippen molar-refractivity contribution in [3.63, 3.8) is 0 Å². The van der Waals surface area contributed by atoms with Gasteiger partial charge in [-0.3, -0.25) is 4.79 Å². The summed E-state index contributed by atoms with van der Waals surface area (Å²) < 4.78 is 50.0. The number of alkyl halides is 3. The molecule has 0 radical (unpaired) electrons. The largest absolute Gasteiger partial charge is 0.482 e. The molecule has 1 amide bonds. The number of para-hydroxylation sites is 1. The predicted octanol–water partition coefficient (Wildman–Crippen LogP) is 4.21. The lowest BCUT2D eigenvalue weighted by Crippen LogP contribution is -2.37. The molecule has 2 aromatic carbocycles. The molecule has 0 atom stereocenters. The summed E-state index contributed by atoms with van der Waals surface area (Å²) in [5, 5.41) is 2.86. The number of halogens is 4. The number of benzene rings is 2. The molecule has 5 nitrogen and oxygen atoms in total. The lowest BCUT2D eigenvalue weighted by Gasteiger charge is -2.31. The van der Waals surface area contributed by atoms with E-state index in [1.165, 1.54) is 6.07 Å². The van der Waals surface area contributed by atoms with Crippen LogP contribution in [0.5, 0.6) is 5.75 Å². The lowest BCUT2D eigenvalue weighted by molar-refractivity contribution is -0.137. The lowest BCUT2D eigenvalue weighted by atomic mass is 10.1. The minimum atomic E-state index is -4.52. The van der Waals surface area contributed by atoms with Gasteiger partial charge in [0.15, 0.2) is 6.61 Å². The first-order valence-electron chi connectivity index (χ1n) is 8.56. The first kappa shape index (κ1) is 20.3. The third kappa shape index (κ3) is 5.08. The van der Waals surface area contributed by atoms with E-state index >= 15 is 0 Å². The van der Waals surface area contributed by atoms with Crippen molar-refractivity contribution < 1.29 is 27.4 Å². The molecule has 1 fully saturated rings. The first-order chi connectivity index (χ1) is 13.3. The molecule has 1 N–H and O–H groups in total. The summed E-state index contributed by atoms with van der Waals surface area (Å²) in [6, 6.07) is 9.91. The highest BCUT2D eigenvalue weighted by atomic mass is 35.5. The van der Waals surface area contributed by atoms with Crippen LogP contribution in [-0.4, -0.2) is 38.8 Å². The Kier molecular flexibility index (Phi) is 6.31. The van der Waals surface area contributed by atoms with Gasteiger partial charge in [0.25, 0.3) is 5.91 Å². The van der Waals surface area contributed by atoms with Gasteiger partial charge in [-0.25, -0.2) is 0 Å². The number of carbonyl (C=O) groups excluding carboxylic acids is 1. The summed E-state index contributed by atoms with van der Waals surface area (Å²) in [6.07, 6.45) is -4.52. The predicted molar refractivity (Wildman–Crippen MR) is 100 cm³/mol. The van der Waals surface area contributed by atoms with Gasteiger partial charge >= 0.3 is 6.18 Å². The fourth-order valence-corrected chi connectivity index (χ4v) is 2.97. The van der Waals surface area contributed by atoms with E-state index in [1.807, 2.05) is 4.90 Å². The van der Waals surface area contributed by atoms with Crippen LogP contribution >= 0.6 is 11.6 Å². The summed E-state index contributed by atoms with van der Waals surface area (Å²) >= 11 is 5.97. The van der Waals surface area contributed by atoms with Gasteiger partial charge < -0.3 is 19.7 Å². The van der Waals surface area contributed by atoms with Crippen molar-refractivity contribution in [3.05, 3.63) is 53.1 Å². The molecule has 0 aliphatic carbocycles. The topological polar surface area (TPSA) is 50.8 Å². The molecular weight excluding hydrogens is 397 g/mol. The van der Waals surface area contributed by atoms with Gasteiger partial charge in [0, 0.05) is 13.1 Å². The van der Waals surface area contributed by atoms with Gasteiger partial charge in [-0.05, 0) is 30.3 Å². The van der Waals surface area contributed by atoms with Crippen LogP contribution in [0.4, 0.5) is 24.5 Å². The van der Waals surface area contributed by atoms with E-state index in [1.54, 1.807) is 24.3 Å². The molecule has 0 bridgehead atoms. The summed E-state index contributed by atoms with van der Waals surface area (Å²) in [7, 11) is 0. The van der Waals surface area contributed by atoms with Crippen molar-refractivity contribution in [1.82, 2.24) is 0 Å². The summed E-state index contributed by atoms with van der Waals surface area (Å²) in [4.78, 5) is 14.2. The van der Waals surface area contributed by atoms with Gasteiger partial charge in [0.1, 0.15) is 5.75 Å². The van der Waals surface area contributed by atoms with E-state index in [2.05, 4.69) is 5.32 Å². The standard InChI is InChI=1S/C19H18ClF3N2O3/c20-14-3-1-2-4-17(14)28-12-18(26)24-15-11-13(19(21,22)23)5-6-16(15)25-7-9-27-10-8-25/h1-6,11H,7-10,12H2,(H,24,26). The van der Waals surface area contributed by atoms with Crippen LogP contribution in [0, 0.1) is 0 Å². The Morgan fingerprint density at radius 3 is 2.57 bits per heavy atom. The number of anilines is 2. The molecule has 1 aliphatic heterocycles. The smallest absolute Gasteiger partial charge is 0.416 e.